The van der Waals surface area contributed by atoms with Crippen molar-refractivity contribution in [2.75, 3.05) is 20.2 Å². The number of likely N-dealkylation sites (tertiary alicyclic amines) is 1. The number of ether oxygens (including phenoxy) is 1. The largest absolute Gasteiger partial charge is 0.387 e. The van der Waals surface area contributed by atoms with Gasteiger partial charge < -0.3 is 14.7 Å². The van der Waals surface area contributed by atoms with E-state index in [4.69, 9.17) is 4.74 Å². The summed E-state index contributed by atoms with van der Waals surface area (Å²) in [7, 11) is 2.20. The van der Waals surface area contributed by atoms with Crippen molar-refractivity contribution in [3.8, 4) is 0 Å². The highest BCUT2D eigenvalue weighted by atomic mass is 16.6. The fourth-order valence-electron chi connectivity index (χ4n) is 3.67. The summed E-state index contributed by atoms with van der Waals surface area (Å²) in [6.45, 7) is 1.81. The molecule has 3 rings (SSSR count). The third kappa shape index (κ3) is 1.52. The van der Waals surface area contributed by atoms with Crippen LogP contribution in [-0.4, -0.2) is 48.0 Å². The van der Waals surface area contributed by atoms with Gasteiger partial charge in [-0.2, -0.15) is 0 Å². The molecule has 2 aliphatic heterocycles. The van der Waals surface area contributed by atoms with Gasteiger partial charge in [0.05, 0.1) is 12.2 Å². The van der Waals surface area contributed by atoms with E-state index in [9.17, 15) is 5.11 Å². The van der Waals surface area contributed by atoms with E-state index in [0.717, 1.165) is 19.6 Å². The quantitative estimate of drug-likeness (QED) is 0.658. The number of nitrogens with zero attached hydrogens (tertiary/aromatic N) is 1. The summed E-state index contributed by atoms with van der Waals surface area (Å²) in [5.41, 5.74) is -0.502. The molecule has 3 heteroatoms. The number of rotatable bonds is 1. The van der Waals surface area contributed by atoms with Gasteiger partial charge in [-0.25, -0.2) is 0 Å². The van der Waals surface area contributed by atoms with Gasteiger partial charge >= 0.3 is 0 Å². The molecule has 2 saturated heterocycles. The summed E-state index contributed by atoms with van der Waals surface area (Å²) >= 11 is 0. The van der Waals surface area contributed by atoms with Crippen LogP contribution in [0.1, 0.15) is 32.1 Å². The Kier molecular flexibility index (Phi) is 2.31. The normalized spacial score (nSPS) is 51.2. The van der Waals surface area contributed by atoms with E-state index in [-0.39, 0.29) is 6.10 Å². The Morgan fingerprint density at radius 1 is 1.33 bits per heavy atom. The molecule has 0 aromatic heterocycles. The first-order valence-corrected chi connectivity index (χ1v) is 6.26. The summed E-state index contributed by atoms with van der Waals surface area (Å²) in [5.74, 6) is 0.456. The van der Waals surface area contributed by atoms with Crippen LogP contribution in [0.4, 0.5) is 0 Å². The van der Waals surface area contributed by atoms with Gasteiger partial charge in [0, 0.05) is 18.5 Å². The summed E-state index contributed by atoms with van der Waals surface area (Å²) < 4.78 is 5.37. The van der Waals surface area contributed by atoms with Gasteiger partial charge in [0.15, 0.2) is 0 Å². The second-order valence-electron chi connectivity index (χ2n) is 5.50. The van der Waals surface area contributed by atoms with Crippen LogP contribution < -0.4 is 0 Å². The standard InChI is InChI=1S/C12H21NO2/c1-13-7-6-12(14,11-8-15-11)9-4-2-3-5-10(9)13/h9-11,14H,2-8H2,1H3. The highest BCUT2D eigenvalue weighted by molar-refractivity contribution is 5.07. The Morgan fingerprint density at radius 3 is 2.80 bits per heavy atom. The van der Waals surface area contributed by atoms with Crippen molar-refractivity contribution in [3.05, 3.63) is 0 Å². The molecule has 0 bridgehead atoms. The topological polar surface area (TPSA) is 36.0 Å². The maximum atomic E-state index is 10.8. The Bertz CT molecular complexity index is 254. The van der Waals surface area contributed by atoms with Gasteiger partial charge in [-0.05, 0) is 26.3 Å². The molecule has 1 saturated carbocycles. The highest BCUT2D eigenvalue weighted by Crippen LogP contribution is 2.46. The summed E-state index contributed by atoms with van der Waals surface area (Å²) in [5, 5.41) is 10.8. The first-order valence-electron chi connectivity index (χ1n) is 6.26. The maximum Gasteiger partial charge on any atom is 0.110 e. The predicted molar refractivity (Wildman–Crippen MR) is 57.7 cm³/mol. The van der Waals surface area contributed by atoms with Crippen LogP contribution in [0.3, 0.4) is 0 Å². The third-order valence-corrected chi connectivity index (χ3v) is 4.69. The number of aliphatic hydroxyl groups is 1. The van der Waals surface area contributed by atoms with E-state index < -0.39 is 5.60 Å². The molecule has 2 heterocycles. The minimum Gasteiger partial charge on any atom is -0.387 e. The summed E-state index contributed by atoms with van der Waals surface area (Å²) in [6, 6.07) is 0.599. The second kappa shape index (κ2) is 3.44. The van der Waals surface area contributed by atoms with Crippen LogP contribution in [-0.2, 0) is 4.74 Å². The fourth-order valence-corrected chi connectivity index (χ4v) is 3.67. The number of epoxide rings is 1. The van der Waals surface area contributed by atoms with Gasteiger partial charge in [-0.15, -0.1) is 0 Å². The number of fused-ring (bicyclic) bond motifs is 1. The first-order chi connectivity index (χ1) is 7.22. The average molecular weight is 211 g/mol. The molecule has 86 valence electrons. The highest BCUT2D eigenvalue weighted by Gasteiger charge is 2.55. The average Bonchev–Trinajstić information content (AvgIpc) is 3.08. The molecule has 15 heavy (non-hydrogen) atoms. The molecule has 0 radical (unpaired) electrons. The van der Waals surface area contributed by atoms with Gasteiger partial charge in [-0.3, -0.25) is 0 Å². The Morgan fingerprint density at radius 2 is 2.07 bits per heavy atom. The van der Waals surface area contributed by atoms with E-state index in [1.165, 1.54) is 25.7 Å². The van der Waals surface area contributed by atoms with Gasteiger partial charge in [0.2, 0.25) is 0 Å². The van der Waals surface area contributed by atoms with Crippen molar-refractivity contribution in [1.29, 1.82) is 0 Å². The number of piperidine rings is 1. The molecular formula is C12H21NO2. The molecule has 0 spiro atoms. The molecule has 3 aliphatic rings. The molecule has 4 unspecified atom stereocenters. The van der Waals surface area contributed by atoms with Crippen molar-refractivity contribution in [3.63, 3.8) is 0 Å². The lowest BCUT2D eigenvalue weighted by Gasteiger charge is -2.51. The smallest absolute Gasteiger partial charge is 0.110 e. The molecule has 3 nitrogen and oxygen atoms in total. The Balaban J connectivity index is 1.84. The monoisotopic (exact) mass is 211 g/mol. The van der Waals surface area contributed by atoms with Gasteiger partial charge in [0.1, 0.15) is 6.10 Å². The number of hydrogen-bond donors (Lipinski definition) is 1. The molecule has 0 aromatic rings. The molecule has 4 atom stereocenters. The van der Waals surface area contributed by atoms with Gasteiger partial charge in [-0.1, -0.05) is 12.8 Å². The molecule has 1 aliphatic carbocycles. The minimum atomic E-state index is -0.502. The SMILES string of the molecule is CN1CCC(O)(C2CO2)C2CCCCC21. The second-order valence-corrected chi connectivity index (χ2v) is 5.50. The van der Waals surface area contributed by atoms with E-state index >= 15 is 0 Å². The van der Waals surface area contributed by atoms with E-state index in [0.29, 0.717) is 12.0 Å². The Labute approximate surface area is 91.4 Å². The molecule has 3 fully saturated rings. The Hall–Kier alpha value is -0.120. The molecule has 0 aromatic carbocycles. The third-order valence-electron chi connectivity index (χ3n) is 4.69. The zero-order chi connectivity index (χ0) is 10.5. The molecular weight excluding hydrogens is 190 g/mol. The minimum absolute atomic E-state index is 0.150. The van der Waals surface area contributed by atoms with Crippen LogP contribution in [0.15, 0.2) is 0 Å². The van der Waals surface area contributed by atoms with Crippen molar-refractivity contribution in [2.24, 2.45) is 5.92 Å². The molecule has 0 amide bonds. The van der Waals surface area contributed by atoms with E-state index in [2.05, 4.69) is 11.9 Å². The fraction of sp³-hybridized carbons (Fsp3) is 1.00. The van der Waals surface area contributed by atoms with Crippen molar-refractivity contribution in [2.45, 2.75) is 49.9 Å². The predicted octanol–water partition coefficient (Wildman–Crippen LogP) is 1.01. The van der Waals surface area contributed by atoms with E-state index in [1.54, 1.807) is 0 Å². The molecule has 1 N–H and O–H groups in total. The van der Waals surface area contributed by atoms with Crippen LogP contribution in [0, 0.1) is 5.92 Å². The zero-order valence-corrected chi connectivity index (χ0v) is 9.48. The summed E-state index contributed by atoms with van der Waals surface area (Å²) in [6.07, 6.45) is 6.10. The summed E-state index contributed by atoms with van der Waals surface area (Å²) in [4.78, 5) is 2.45. The first kappa shape index (κ1) is 10.1. The van der Waals surface area contributed by atoms with Crippen LogP contribution in [0.2, 0.25) is 0 Å². The lowest BCUT2D eigenvalue weighted by atomic mass is 9.68. The van der Waals surface area contributed by atoms with Crippen LogP contribution in [0.5, 0.6) is 0 Å². The van der Waals surface area contributed by atoms with Crippen molar-refractivity contribution >= 4 is 0 Å². The van der Waals surface area contributed by atoms with E-state index in [1.807, 2.05) is 0 Å². The van der Waals surface area contributed by atoms with Gasteiger partial charge in [0.25, 0.3) is 0 Å². The van der Waals surface area contributed by atoms with Crippen molar-refractivity contribution < 1.29 is 9.84 Å². The lowest BCUT2D eigenvalue weighted by Crippen LogP contribution is -2.60. The van der Waals surface area contributed by atoms with Crippen LogP contribution in [0.25, 0.3) is 0 Å². The van der Waals surface area contributed by atoms with Crippen molar-refractivity contribution in [1.82, 2.24) is 4.90 Å². The zero-order valence-electron chi connectivity index (χ0n) is 9.48. The maximum absolute atomic E-state index is 10.8. The lowest BCUT2D eigenvalue weighted by molar-refractivity contribution is -0.121. The van der Waals surface area contributed by atoms with Crippen LogP contribution >= 0.6 is 0 Å². The number of hydrogen-bond acceptors (Lipinski definition) is 3.